The highest BCUT2D eigenvalue weighted by Gasteiger charge is 2.17. The van der Waals surface area contributed by atoms with E-state index in [1.807, 2.05) is 24.9 Å². The third-order valence-electron chi connectivity index (χ3n) is 2.87. The van der Waals surface area contributed by atoms with E-state index < -0.39 is 6.10 Å². The fourth-order valence-corrected chi connectivity index (χ4v) is 1.79. The van der Waals surface area contributed by atoms with Gasteiger partial charge in [0.2, 0.25) is 0 Å². The number of aliphatic hydroxyl groups is 1. The average molecular weight is 241 g/mol. The second-order valence-electron chi connectivity index (χ2n) is 4.25. The first-order valence-electron chi connectivity index (χ1n) is 5.68. The van der Waals surface area contributed by atoms with Crippen LogP contribution in [0.2, 0.25) is 0 Å². The molecule has 0 aromatic heterocycles. The molecule has 1 aromatic carbocycles. The van der Waals surface area contributed by atoms with Crippen LogP contribution in [0.4, 0.5) is 4.39 Å². The minimum Gasteiger partial charge on any atom is -0.389 e. The van der Waals surface area contributed by atoms with E-state index in [1.54, 1.807) is 19.2 Å². The van der Waals surface area contributed by atoms with E-state index in [-0.39, 0.29) is 18.5 Å². The number of nitrogens with zero attached hydrogens (tertiary/aromatic N) is 1. The van der Waals surface area contributed by atoms with Gasteiger partial charge in [0.1, 0.15) is 5.82 Å². The quantitative estimate of drug-likeness (QED) is 0.824. The molecule has 0 amide bonds. The van der Waals surface area contributed by atoms with E-state index in [2.05, 4.69) is 0 Å². The van der Waals surface area contributed by atoms with Crippen molar-refractivity contribution in [1.82, 2.24) is 4.90 Å². The zero-order chi connectivity index (χ0) is 12.8. The van der Waals surface area contributed by atoms with Gasteiger partial charge >= 0.3 is 0 Å². The Labute approximate surface area is 102 Å². The summed E-state index contributed by atoms with van der Waals surface area (Å²) in [5.74, 6) is -0.215. The summed E-state index contributed by atoms with van der Waals surface area (Å²) in [6.45, 7) is 2.65. The predicted octanol–water partition coefficient (Wildman–Crippen LogP) is 1.83. The number of ether oxygens (including phenoxy) is 1. The molecule has 2 unspecified atom stereocenters. The van der Waals surface area contributed by atoms with Crippen LogP contribution in [0.1, 0.15) is 18.5 Å². The number of rotatable bonds is 6. The number of halogens is 1. The van der Waals surface area contributed by atoms with Crippen molar-refractivity contribution < 1.29 is 14.2 Å². The van der Waals surface area contributed by atoms with E-state index in [1.165, 1.54) is 6.07 Å². The summed E-state index contributed by atoms with van der Waals surface area (Å²) in [5.41, 5.74) is 0.639. The molecule has 0 aliphatic heterocycles. The highest BCUT2D eigenvalue weighted by atomic mass is 19.1. The van der Waals surface area contributed by atoms with Gasteiger partial charge in [-0.15, -0.1) is 0 Å². The van der Waals surface area contributed by atoms with Crippen molar-refractivity contribution in [2.45, 2.75) is 19.1 Å². The van der Waals surface area contributed by atoms with Crippen LogP contribution in [0.3, 0.4) is 0 Å². The maximum absolute atomic E-state index is 13.6. The molecule has 96 valence electrons. The highest BCUT2D eigenvalue weighted by Crippen LogP contribution is 2.21. The van der Waals surface area contributed by atoms with Crippen LogP contribution in [-0.4, -0.2) is 43.4 Å². The standard InChI is InChI=1S/C13H20FNO2/c1-10(12-6-4-5-7-13(12)14)15(2)8-11(16)9-17-3/h4-7,10-11,16H,8-9H2,1-3H3. The predicted molar refractivity (Wildman–Crippen MR) is 65.3 cm³/mol. The Kier molecular flexibility index (Phi) is 5.55. The molecule has 1 aromatic rings. The van der Waals surface area contributed by atoms with Crippen LogP contribution in [0.25, 0.3) is 0 Å². The number of likely N-dealkylation sites (N-methyl/N-ethyl adjacent to an activating group) is 1. The Balaban J connectivity index is 2.63. The lowest BCUT2D eigenvalue weighted by molar-refractivity contribution is 0.0354. The molecule has 0 heterocycles. The highest BCUT2D eigenvalue weighted by molar-refractivity contribution is 5.20. The average Bonchev–Trinajstić information content (AvgIpc) is 2.29. The molecule has 4 heteroatoms. The molecule has 1 N–H and O–H groups in total. The number of benzene rings is 1. The van der Waals surface area contributed by atoms with Gasteiger partial charge in [-0.3, -0.25) is 4.90 Å². The smallest absolute Gasteiger partial charge is 0.127 e. The number of aliphatic hydroxyl groups excluding tert-OH is 1. The van der Waals surface area contributed by atoms with Gasteiger partial charge in [-0.05, 0) is 20.0 Å². The van der Waals surface area contributed by atoms with Crippen molar-refractivity contribution in [2.24, 2.45) is 0 Å². The van der Waals surface area contributed by atoms with Crippen molar-refractivity contribution in [3.8, 4) is 0 Å². The minimum absolute atomic E-state index is 0.0808. The van der Waals surface area contributed by atoms with Crippen LogP contribution >= 0.6 is 0 Å². The summed E-state index contributed by atoms with van der Waals surface area (Å²) >= 11 is 0. The third kappa shape index (κ3) is 4.07. The maximum atomic E-state index is 13.6. The van der Waals surface area contributed by atoms with Crippen molar-refractivity contribution in [3.05, 3.63) is 35.6 Å². The Hall–Kier alpha value is -0.970. The third-order valence-corrected chi connectivity index (χ3v) is 2.87. The van der Waals surface area contributed by atoms with Crippen LogP contribution < -0.4 is 0 Å². The summed E-state index contributed by atoms with van der Waals surface area (Å²) in [6, 6.07) is 6.62. The summed E-state index contributed by atoms with van der Waals surface area (Å²) in [6.07, 6.45) is -0.556. The summed E-state index contributed by atoms with van der Waals surface area (Å²) in [7, 11) is 3.40. The van der Waals surface area contributed by atoms with Gasteiger partial charge < -0.3 is 9.84 Å². The molecule has 1 rings (SSSR count). The molecule has 0 spiro atoms. The molecular formula is C13H20FNO2. The van der Waals surface area contributed by atoms with Crippen LogP contribution in [-0.2, 0) is 4.74 Å². The normalized spacial score (nSPS) is 14.9. The van der Waals surface area contributed by atoms with Crippen LogP contribution in [0, 0.1) is 5.82 Å². The van der Waals surface area contributed by atoms with E-state index in [9.17, 15) is 9.50 Å². The molecule has 2 atom stereocenters. The van der Waals surface area contributed by atoms with Gasteiger partial charge in [0, 0.05) is 25.3 Å². The molecule has 17 heavy (non-hydrogen) atoms. The molecule has 0 aliphatic carbocycles. The van der Waals surface area contributed by atoms with Gasteiger partial charge in [-0.25, -0.2) is 4.39 Å². The first-order chi connectivity index (χ1) is 8.06. The van der Waals surface area contributed by atoms with Gasteiger partial charge in [0.25, 0.3) is 0 Å². The van der Waals surface area contributed by atoms with Gasteiger partial charge in [-0.1, -0.05) is 18.2 Å². The lowest BCUT2D eigenvalue weighted by Crippen LogP contribution is -2.34. The number of hydrogen-bond donors (Lipinski definition) is 1. The van der Waals surface area contributed by atoms with Gasteiger partial charge in [-0.2, -0.15) is 0 Å². The number of hydrogen-bond acceptors (Lipinski definition) is 3. The SMILES string of the molecule is COCC(O)CN(C)C(C)c1ccccc1F. The van der Waals surface area contributed by atoms with Crippen molar-refractivity contribution >= 4 is 0 Å². The molecule has 0 saturated heterocycles. The molecular weight excluding hydrogens is 221 g/mol. The first kappa shape index (κ1) is 14.1. The Morgan fingerprint density at radius 2 is 2.06 bits per heavy atom. The lowest BCUT2D eigenvalue weighted by atomic mass is 10.1. The summed E-state index contributed by atoms with van der Waals surface area (Å²) in [5, 5.41) is 9.62. The molecule has 0 fully saturated rings. The monoisotopic (exact) mass is 241 g/mol. The van der Waals surface area contributed by atoms with Gasteiger partial charge in [0.05, 0.1) is 12.7 Å². The molecule has 0 saturated carbocycles. The van der Waals surface area contributed by atoms with E-state index >= 15 is 0 Å². The van der Waals surface area contributed by atoms with Gasteiger partial charge in [0.15, 0.2) is 0 Å². The Morgan fingerprint density at radius 1 is 1.41 bits per heavy atom. The topological polar surface area (TPSA) is 32.7 Å². The minimum atomic E-state index is -0.556. The lowest BCUT2D eigenvalue weighted by Gasteiger charge is -2.27. The van der Waals surface area contributed by atoms with E-state index in [0.29, 0.717) is 12.1 Å². The van der Waals surface area contributed by atoms with Crippen molar-refractivity contribution in [2.75, 3.05) is 27.3 Å². The second-order valence-corrected chi connectivity index (χ2v) is 4.25. The first-order valence-corrected chi connectivity index (χ1v) is 5.68. The van der Waals surface area contributed by atoms with E-state index in [4.69, 9.17) is 4.74 Å². The fourth-order valence-electron chi connectivity index (χ4n) is 1.79. The maximum Gasteiger partial charge on any atom is 0.127 e. The largest absolute Gasteiger partial charge is 0.389 e. The number of methoxy groups -OCH3 is 1. The summed E-state index contributed by atoms with van der Waals surface area (Å²) < 4.78 is 18.4. The molecule has 3 nitrogen and oxygen atoms in total. The van der Waals surface area contributed by atoms with E-state index in [0.717, 1.165) is 0 Å². The molecule has 0 radical (unpaired) electrons. The van der Waals surface area contributed by atoms with Crippen molar-refractivity contribution in [1.29, 1.82) is 0 Å². The Bertz CT molecular complexity index is 346. The fraction of sp³-hybridized carbons (Fsp3) is 0.538. The zero-order valence-corrected chi connectivity index (χ0v) is 10.6. The second kappa shape index (κ2) is 6.69. The van der Waals surface area contributed by atoms with Crippen LogP contribution in [0.5, 0.6) is 0 Å². The summed E-state index contributed by atoms with van der Waals surface area (Å²) in [4.78, 5) is 1.90. The van der Waals surface area contributed by atoms with Crippen LogP contribution in [0.15, 0.2) is 24.3 Å². The molecule has 0 bridgehead atoms. The molecule has 0 aliphatic rings. The van der Waals surface area contributed by atoms with Crippen molar-refractivity contribution in [3.63, 3.8) is 0 Å². The Morgan fingerprint density at radius 3 is 2.65 bits per heavy atom. The zero-order valence-electron chi connectivity index (χ0n) is 10.6.